The molecule has 0 unspecified atom stereocenters. The van der Waals surface area contributed by atoms with Gasteiger partial charge in [-0.05, 0) is 43.7 Å². The van der Waals surface area contributed by atoms with E-state index < -0.39 is 5.82 Å². The third-order valence-corrected chi connectivity index (χ3v) is 3.70. The minimum atomic E-state index is -0.410. The van der Waals surface area contributed by atoms with Gasteiger partial charge in [0.2, 0.25) is 11.8 Å². The van der Waals surface area contributed by atoms with Crippen LogP contribution in [0.15, 0.2) is 42.5 Å². The molecule has 0 heterocycles. The summed E-state index contributed by atoms with van der Waals surface area (Å²) in [4.78, 5) is 25.4. The van der Waals surface area contributed by atoms with Crippen LogP contribution in [-0.2, 0) is 9.59 Å². The van der Waals surface area contributed by atoms with Gasteiger partial charge < -0.3 is 15.5 Å². The molecule has 132 valence electrons. The van der Waals surface area contributed by atoms with Gasteiger partial charge in [-0.25, -0.2) is 4.39 Å². The maximum absolute atomic E-state index is 13.7. The van der Waals surface area contributed by atoms with Crippen LogP contribution < -0.4 is 10.6 Å². The van der Waals surface area contributed by atoms with E-state index in [1.807, 2.05) is 19.1 Å². The number of amides is 2. The van der Waals surface area contributed by atoms with Crippen LogP contribution in [0.3, 0.4) is 0 Å². The van der Waals surface area contributed by atoms with Crippen LogP contribution >= 0.6 is 0 Å². The van der Waals surface area contributed by atoms with E-state index in [-0.39, 0.29) is 30.6 Å². The number of rotatable bonds is 6. The molecule has 2 aromatic rings. The molecule has 0 aliphatic rings. The summed E-state index contributed by atoms with van der Waals surface area (Å²) in [7, 11) is 1.53. The molecule has 0 bridgehead atoms. The van der Waals surface area contributed by atoms with Gasteiger partial charge in [0.25, 0.3) is 0 Å². The van der Waals surface area contributed by atoms with Crippen molar-refractivity contribution >= 4 is 23.2 Å². The topological polar surface area (TPSA) is 61.4 Å². The van der Waals surface area contributed by atoms with Crippen molar-refractivity contribution in [3.63, 3.8) is 0 Å². The van der Waals surface area contributed by atoms with Gasteiger partial charge in [0.05, 0.1) is 18.8 Å². The highest BCUT2D eigenvalue weighted by molar-refractivity contribution is 5.95. The number of halogens is 1. The number of nitrogens with one attached hydrogen (secondary N) is 2. The third-order valence-electron chi connectivity index (χ3n) is 3.70. The SMILES string of the molecule is Cc1ccc(NC(=O)CN(C)C(=O)CNc2ccc(C)cc2F)cc1. The predicted molar refractivity (Wildman–Crippen MR) is 97.1 cm³/mol. The largest absolute Gasteiger partial charge is 0.374 e. The Morgan fingerprint density at radius 3 is 2.32 bits per heavy atom. The van der Waals surface area contributed by atoms with Gasteiger partial charge in [0.15, 0.2) is 0 Å². The molecule has 2 amide bonds. The minimum absolute atomic E-state index is 0.0786. The zero-order valence-corrected chi connectivity index (χ0v) is 14.6. The first-order chi connectivity index (χ1) is 11.8. The average Bonchev–Trinajstić information content (AvgIpc) is 2.55. The van der Waals surface area contributed by atoms with Crippen molar-refractivity contribution in [2.45, 2.75) is 13.8 Å². The lowest BCUT2D eigenvalue weighted by Gasteiger charge is -2.18. The lowest BCUT2D eigenvalue weighted by Crippen LogP contribution is -2.38. The Labute approximate surface area is 146 Å². The molecule has 0 aliphatic carbocycles. The first-order valence-corrected chi connectivity index (χ1v) is 7.95. The molecule has 0 radical (unpaired) electrons. The Morgan fingerprint density at radius 1 is 1.04 bits per heavy atom. The van der Waals surface area contributed by atoms with Gasteiger partial charge in [-0.3, -0.25) is 9.59 Å². The number of anilines is 2. The monoisotopic (exact) mass is 343 g/mol. The van der Waals surface area contributed by atoms with Crippen molar-refractivity contribution in [3.8, 4) is 0 Å². The zero-order valence-electron chi connectivity index (χ0n) is 14.6. The molecule has 0 saturated carbocycles. The van der Waals surface area contributed by atoms with E-state index in [2.05, 4.69) is 10.6 Å². The van der Waals surface area contributed by atoms with Gasteiger partial charge in [0.1, 0.15) is 5.82 Å². The first-order valence-electron chi connectivity index (χ1n) is 7.95. The van der Waals surface area contributed by atoms with Crippen LogP contribution in [0.5, 0.6) is 0 Å². The fraction of sp³-hybridized carbons (Fsp3) is 0.263. The molecule has 2 N–H and O–H groups in total. The molecule has 2 rings (SSSR count). The number of nitrogens with zero attached hydrogens (tertiary/aromatic N) is 1. The number of carbonyl (C=O) groups excluding carboxylic acids is 2. The van der Waals surface area contributed by atoms with E-state index in [9.17, 15) is 14.0 Å². The second kappa shape index (κ2) is 8.28. The Balaban J connectivity index is 1.82. The molecule has 2 aromatic carbocycles. The zero-order chi connectivity index (χ0) is 18.4. The van der Waals surface area contributed by atoms with Crippen LogP contribution in [0, 0.1) is 19.7 Å². The maximum Gasteiger partial charge on any atom is 0.243 e. The minimum Gasteiger partial charge on any atom is -0.374 e. The van der Waals surface area contributed by atoms with Crippen LogP contribution in [0.25, 0.3) is 0 Å². The Bertz CT molecular complexity index is 760. The normalized spacial score (nSPS) is 10.2. The maximum atomic E-state index is 13.7. The van der Waals surface area contributed by atoms with Crippen LogP contribution in [0.2, 0.25) is 0 Å². The second-order valence-electron chi connectivity index (χ2n) is 6.00. The molecule has 0 spiro atoms. The van der Waals surface area contributed by atoms with E-state index in [1.54, 1.807) is 31.2 Å². The van der Waals surface area contributed by atoms with Crippen LogP contribution in [-0.4, -0.2) is 36.9 Å². The second-order valence-corrected chi connectivity index (χ2v) is 6.00. The lowest BCUT2D eigenvalue weighted by atomic mass is 10.2. The lowest BCUT2D eigenvalue weighted by molar-refractivity contribution is -0.131. The molecular formula is C19H22FN3O2. The van der Waals surface area contributed by atoms with Gasteiger partial charge in [-0.2, -0.15) is 0 Å². The highest BCUT2D eigenvalue weighted by Gasteiger charge is 2.13. The molecule has 0 aromatic heterocycles. The number of carbonyl (C=O) groups is 2. The number of benzene rings is 2. The van der Waals surface area contributed by atoms with E-state index in [0.717, 1.165) is 11.1 Å². The summed E-state index contributed by atoms with van der Waals surface area (Å²) in [6, 6.07) is 12.1. The highest BCUT2D eigenvalue weighted by Crippen LogP contribution is 2.15. The first kappa shape index (κ1) is 18.4. The van der Waals surface area contributed by atoms with Gasteiger partial charge in [-0.15, -0.1) is 0 Å². The van der Waals surface area contributed by atoms with Gasteiger partial charge in [0, 0.05) is 12.7 Å². The van der Waals surface area contributed by atoms with Gasteiger partial charge >= 0.3 is 0 Å². The molecule has 6 heteroatoms. The fourth-order valence-electron chi connectivity index (χ4n) is 2.21. The smallest absolute Gasteiger partial charge is 0.243 e. The number of hydrogen-bond acceptors (Lipinski definition) is 3. The molecule has 0 saturated heterocycles. The molecule has 0 fully saturated rings. The van der Waals surface area contributed by atoms with Crippen molar-refractivity contribution in [3.05, 3.63) is 59.4 Å². The molecule has 5 nitrogen and oxygen atoms in total. The van der Waals surface area contributed by atoms with Crippen molar-refractivity contribution in [1.82, 2.24) is 4.90 Å². The molecule has 0 atom stereocenters. The summed E-state index contributed by atoms with van der Waals surface area (Å²) in [6.45, 7) is 3.58. The third kappa shape index (κ3) is 5.60. The standard InChI is InChI=1S/C19H22FN3O2/c1-13-4-7-15(8-5-13)22-18(24)12-23(3)19(25)11-21-17-9-6-14(2)10-16(17)20/h4-10,21H,11-12H2,1-3H3,(H,22,24). The van der Waals surface area contributed by atoms with E-state index in [4.69, 9.17) is 0 Å². The molecule has 25 heavy (non-hydrogen) atoms. The molecular weight excluding hydrogens is 321 g/mol. The van der Waals surface area contributed by atoms with Crippen molar-refractivity contribution < 1.29 is 14.0 Å². The summed E-state index contributed by atoms with van der Waals surface area (Å²) < 4.78 is 13.7. The van der Waals surface area contributed by atoms with Crippen LogP contribution in [0.1, 0.15) is 11.1 Å². The number of aryl methyl sites for hydroxylation is 2. The summed E-state index contributed by atoms with van der Waals surface area (Å²) in [5, 5.41) is 5.48. The summed E-state index contributed by atoms with van der Waals surface area (Å²) in [5.41, 5.74) is 2.84. The van der Waals surface area contributed by atoms with E-state index in [1.165, 1.54) is 18.0 Å². The van der Waals surface area contributed by atoms with E-state index in [0.29, 0.717) is 5.69 Å². The Morgan fingerprint density at radius 2 is 1.68 bits per heavy atom. The van der Waals surface area contributed by atoms with Crippen molar-refractivity contribution in [2.24, 2.45) is 0 Å². The highest BCUT2D eigenvalue weighted by atomic mass is 19.1. The number of likely N-dealkylation sites (N-methyl/N-ethyl adjacent to an activating group) is 1. The molecule has 0 aliphatic heterocycles. The van der Waals surface area contributed by atoms with E-state index >= 15 is 0 Å². The number of hydrogen-bond donors (Lipinski definition) is 2. The van der Waals surface area contributed by atoms with Crippen molar-refractivity contribution in [1.29, 1.82) is 0 Å². The summed E-state index contributed by atoms with van der Waals surface area (Å²) in [6.07, 6.45) is 0. The fourth-order valence-corrected chi connectivity index (χ4v) is 2.21. The quantitative estimate of drug-likeness (QED) is 0.848. The Kier molecular flexibility index (Phi) is 6.11. The Hall–Kier alpha value is -2.89. The average molecular weight is 343 g/mol. The van der Waals surface area contributed by atoms with Gasteiger partial charge in [-0.1, -0.05) is 23.8 Å². The predicted octanol–water partition coefficient (Wildman–Crippen LogP) is 2.95. The summed E-state index contributed by atoms with van der Waals surface area (Å²) >= 11 is 0. The van der Waals surface area contributed by atoms with Crippen LogP contribution in [0.4, 0.5) is 15.8 Å². The van der Waals surface area contributed by atoms with Crippen molar-refractivity contribution in [2.75, 3.05) is 30.8 Å². The summed E-state index contributed by atoms with van der Waals surface area (Å²) in [5.74, 6) is -1.01.